The maximum absolute atomic E-state index is 12.7. The van der Waals surface area contributed by atoms with Crippen LogP contribution < -0.4 is 10.1 Å². The van der Waals surface area contributed by atoms with Crippen LogP contribution in [0, 0.1) is 6.92 Å². The highest BCUT2D eigenvalue weighted by atomic mass is 16.5. The number of carbonyl (C=O) groups excluding carboxylic acids is 1. The fourth-order valence-corrected chi connectivity index (χ4v) is 3.20. The number of benzene rings is 2. The van der Waals surface area contributed by atoms with Gasteiger partial charge in [0.05, 0.1) is 30.3 Å². The van der Waals surface area contributed by atoms with Crippen molar-refractivity contribution in [2.75, 3.05) is 13.2 Å². The molecule has 0 unspecified atom stereocenters. The fourth-order valence-electron chi connectivity index (χ4n) is 3.20. The zero-order valence-electron chi connectivity index (χ0n) is 14.6. The van der Waals surface area contributed by atoms with E-state index in [1.54, 1.807) is 6.07 Å². The second-order valence-corrected chi connectivity index (χ2v) is 6.47. The topological polar surface area (TPSA) is 76.2 Å². The Kier molecular flexibility index (Phi) is 4.58. The zero-order valence-corrected chi connectivity index (χ0v) is 14.6. The number of H-pyrrole nitrogens is 1. The summed E-state index contributed by atoms with van der Waals surface area (Å²) in [5.74, 6) is 1.49. The summed E-state index contributed by atoms with van der Waals surface area (Å²) in [5.41, 5.74) is 2.29. The number of amides is 1. The smallest absolute Gasteiger partial charge is 0.251 e. The average Bonchev–Trinajstić information content (AvgIpc) is 3.03. The molecule has 0 radical (unpaired) electrons. The first-order valence-corrected chi connectivity index (χ1v) is 8.76. The molecule has 0 bridgehead atoms. The van der Waals surface area contributed by atoms with Gasteiger partial charge in [-0.15, -0.1) is 0 Å². The highest BCUT2D eigenvalue weighted by molar-refractivity contribution is 5.97. The number of hydrogen-bond donors (Lipinski definition) is 2. The molecule has 6 heteroatoms. The van der Waals surface area contributed by atoms with E-state index in [1.807, 2.05) is 49.4 Å². The first-order valence-electron chi connectivity index (χ1n) is 8.76. The molecule has 2 atom stereocenters. The molecule has 1 aromatic heterocycles. The molecule has 1 saturated heterocycles. The van der Waals surface area contributed by atoms with E-state index in [2.05, 4.69) is 15.3 Å². The standard InChI is InChI=1S/C20H21N3O3/c1-13-21-16-8-7-14(11-17(16)22-13)20(24)23-18-12-25-10-9-19(18)26-15-5-3-2-4-6-15/h2-8,11,18-19H,9-10,12H2,1H3,(H,21,22)(H,23,24)/t18-,19+/m1/s1. The van der Waals surface area contributed by atoms with Gasteiger partial charge in [-0.05, 0) is 37.3 Å². The molecule has 0 aliphatic carbocycles. The lowest BCUT2D eigenvalue weighted by molar-refractivity contribution is -0.00288. The van der Waals surface area contributed by atoms with Gasteiger partial charge in [0.2, 0.25) is 0 Å². The van der Waals surface area contributed by atoms with Crippen LogP contribution in [0.15, 0.2) is 48.5 Å². The molecular formula is C20H21N3O3. The molecule has 4 rings (SSSR count). The summed E-state index contributed by atoms with van der Waals surface area (Å²) in [6.07, 6.45) is 0.617. The maximum Gasteiger partial charge on any atom is 0.251 e. The number of aryl methyl sites for hydroxylation is 1. The monoisotopic (exact) mass is 351 g/mol. The van der Waals surface area contributed by atoms with Gasteiger partial charge in [-0.2, -0.15) is 0 Å². The Bertz CT molecular complexity index is 907. The van der Waals surface area contributed by atoms with Crippen molar-refractivity contribution in [3.8, 4) is 5.75 Å². The van der Waals surface area contributed by atoms with Gasteiger partial charge in [0.25, 0.3) is 5.91 Å². The molecule has 6 nitrogen and oxygen atoms in total. The highest BCUT2D eigenvalue weighted by Crippen LogP contribution is 2.19. The predicted octanol–water partition coefficient (Wildman–Crippen LogP) is 2.84. The van der Waals surface area contributed by atoms with E-state index in [-0.39, 0.29) is 18.1 Å². The van der Waals surface area contributed by atoms with Crippen LogP contribution in [-0.2, 0) is 4.74 Å². The molecule has 1 amide bonds. The SMILES string of the molecule is Cc1nc2ccc(C(=O)N[C@@H]3COCC[C@@H]3Oc3ccccc3)cc2[nH]1. The number of nitrogens with zero attached hydrogens (tertiary/aromatic N) is 1. The summed E-state index contributed by atoms with van der Waals surface area (Å²) < 4.78 is 11.6. The molecule has 134 valence electrons. The normalized spacial score (nSPS) is 20.0. The van der Waals surface area contributed by atoms with Crippen molar-refractivity contribution in [2.45, 2.75) is 25.5 Å². The molecule has 26 heavy (non-hydrogen) atoms. The van der Waals surface area contributed by atoms with Crippen LogP contribution in [-0.4, -0.2) is 41.2 Å². The summed E-state index contributed by atoms with van der Waals surface area (Å²) in [4.78, 5) is 20.2. The van der Waals surface area contributed by atoms with Crippen molar-refractivity contribution in [2.24, 2.45) is 0 Å². The van der Waals surface area contributed by atoms with Gasteiger partial charge in [-0.1, -0.05) is 18.2 Å². The van der Waals surface area contributed by atoms with Gasteiger partial charge in [-0.3, -0.25) is 4.79 Å². The molecule has 0 saturated carbocycles. The molecular weight excluding hydrogens is 330 g/mol. The third kappa shape index (κ3) is 3.55. The van der Waals surface area contributed by atoms with Crippen molar-refractivity contribution >= 4 is 16.9 Å². The second kappa shape index (κ2) is 7.17. The van der Waals surface area contributed by atoms with Crippen LogP contribution in [0.2, 0.25) is 0 Å². The Morgan fingerprint density at radius 2 is 2.12 bits per heavy atom. The van der Waals surface area contributed by atoms with E-state index in [9.17, 15) is 4.79 Å². The molecule has 0 spiro atoms. The molecule has 1 aliphatic heterocycles. The minimum atomic E-state index is -0.198. The summed E-state index contributed by atoms with van der Waals surface area (Å²) in [7, 11) is 0. The van der Waals surface area contributed by atoms with Gasteiger partial charge in [-0.25, -0.2) is 4.98 Å². The van der Waals surface area contributed by atoms with Crippen LogP contribution in [0.5, 0.6) is 5.75 Å². The minimum Gasteiger partial charge on any atom is -0.488 e. The van der Waals surface area contributed by atoms with Crippen molar-refractivity contribution < 1.29 is 14.3 Å². The average molecular weight is 351 g/mol. The van der Waals surface area contributed by atoms with Crippen LogP contribution >= 0.6 is 0 Å². The third-order valence-corrected chi connectivity index (χ3v) is 4.50. The van der Waals surface area contributed by atoms with E-state index >= 15 is 0 Å². The quantitative estimate of drug-likeness (QED) is 0.758. The number of nitrogens with one attached hydrogen (secondary N) is 2. The summed E-state index contributed by atoms with van der Waals surface area (Å²) >= 11 is 0. The molecule has 2 heterocycles. The number of imidazole rings is 1. The first-order chi connectivity index (χ1) is 12.7. The van der Waals surface area contributed by atoms with E-state index in [1.165, 1.54) is 0 Å². The number of aromatic nitrogens is 2. The van der Waals surface area contributed by atoms with Gasteiger partial charge in [0.1, 0.15) is 17.7 Å². The lowest BCUT2D eigenvalue weighted by atomic mass is 10.1. The van der Waals surface area contributed by atoms with Gasteiger partial charge < -0.3 is 19.8 Å². The Hall–Kier alpha value is -2.86. The largest absolute Gasteiger partial charge is 0.488 e. The number of aromatic amines is 1. The van der Waals surface area contributed by atoms with Crippen molar-refractivity contribution in [1.82, 2.24) is 15.3 Å². The van der Waals surface area contributed by atoms with Crippen molar-refractivity contribution in [1.29, 1.82) is 0 Å². The highest BCUT2D eigenvalue weighted by Gasteiger charge is 2.29. The van der Waals surface area contributed by atoms with Crippen molar-refractivity contribution in [3.63, 3.8) is 0 Å². The summed E-state index contributed by atoms with van der Waals surface area (Å²) in [5, 5.41) is 3.05. The van der Waals surface area contributed by atoms with Gasteiger partial charge in [0.15, 0.2) is 0 Å². The van der Waals surface area contributed by atoms with Crippen molar-refractivity contribution in [3.05, 3.63) is 59.9 Å². The number of carbonyl (C=O) groups is 1. The number of hydrogen-bond acceptors (Lipinski definition) is 4. The minimum absolute atomic E-state index is 0.117. The van der Waals surface area contributed by atoms with Crippen LogP contribution in [0.1, 0.15) is 22.6 Å². The number of fused-ring (bicyclic) bond motifs is 1. The number of ether oxygens (including phenoxy) is 2. The summed E-state index contributed by atoms with van der Waals surface area (Å²) in [6.45, 7) is 2.96. The van der Waals surface area contributed by atoms with E-state index in [0.29, 0.717) is 18.8 Å². The molecule has 2 aromatic carbocycles. The van der Waals surface area contributed by atoms with Crippen LogP contribution in [0.25, 0.3) is 11.0 Å². The first kappa shape index (κ1) is 16.6. The van der Waals surface area contributed by atoms with Crippen LogP contribution in [0.3, 0.4) is 0 Å². The van der Waals surface area contributed by atoms with E-state index < -0.39 is 0 Å². The number of para-hydroxylation sites is 1. The van der Waals surface area contributed by atoms with E-state index in [4.69, 9.17) is 9.47 Å². The van der Waals surface area contributed by atoms with Gasteiger partial charge >= 0.3 is 0 Å². The molecule has 1 fully saturated rings. The lowest BCUT2D eigenvalue weighted by Gasteiger charge is -2.32. The van der Waals surface area contributed by atoms with E-state index in [0.717, 1.165) is 29.0 Å². The molecule has 3 aromatic rings. The fraction of sp³-hybridized carbons (Fsp3) is 0.300. The lowest BCUT2D eigenvalue weighted by Crippen LogP contribution is -2.51. The van der Waals surface area contributed by atoms with Gasteiger partial charge in [0, 0.05) is 12.0 Å². The second-order valence-electron chi connectivity index (χ2n) is 6.47. The molecule has 2 N–H and O–H groups in total. The zero-order chi connectivity index (χ0) is 17.9. The summed E-state index contributed by atoms with van der Waals surface area (Å²) in [6, 6.07) is 14.9. The maximum atomic E-state index is 12.7. The third-order valence-electron chi connectivity index (χ3n) is 4.50. The Morgan fingerprint density at radius 3 is 2.96 bits per heavy atom. The molecule has 1 aliphatic rings. The Balaban J connectivity index is 1.48. The Morgan fingerprint density at radius 1 is 1.27 bits per heavy atom. The van der Waals surface area contributed by atoms with Crippen LogP contribution in [0.4, 0.5) is 0 Å². The predicted molar refractivity (Wildman–Crippen MR) is 98.4 cm³/mol. The number of rotatable bonds is 4. The Labute approximate surface area is 151 Å².